The average Bonchev–Trinajstić information content (AvgIpc) is 3.15. The molecule has 0 radical (unpaired) electrons. The highest BCUT2D eigenvalue weighted by Gasteiger charge is 2.71. The Bertz CT molecular complexity index is 1700. The van der Waals surface area contributed by atoms with Crippen molar-refractivity contribution in [3.8, 4) is 0 Å². The summed E-state index contributed by atoms with van der Waals surface area (Å²) in [5.41, 5.74) is -1.64. The third-order valence-corrected chi connectivity index (χ3v) is 17.2. The quantitative estimate of drug-likeness (QED) is 0.0991. The number of hydrogen-bond donors (Lipinski definition) is 8. The summed E-state index contributed by atoms with van der Waals surface area (Å²) >= 11 is 0. The van der Waals surface area contributed by atoms with E-state index in [1.807, 2.05) is 20.8 Å². The van der Waals surface area contributed by atoms with Crippen LogP contribution in [0, 0.1) is 50.2 Å². The van der Waals surface area contributed by atoms with E-state index in [2.05, 4.69) is 26.8 Å². The Hall–Kier alpha value is -2.54. The Labute approximate surface area is 337 Å². The van der Waals surface area contributed by atoms with Crippen LogP contribution in [0.3, 0.4) is 0 Å². The number of aliphatic carboxylic acids is 3. The number of aldehydes is 1. The molecule has 7 aliphatic rings. The van der Waals surface area contributed by atoms with Gasteiger partial charge in [0.05, 0.1) is 11.5 Å². The van der Waals surface area contributed by atoms with Crippen LogP contribution in [0.15, 0.2) is 11.6 Å². The molecule has 16 nitrogen and oxygen atoms in total. The molecule has 0 amide bonds. The van der Waals surface area contributed by atoms with Crippen molar-refractivity contribution in [1.29, 1.82) is 0 Å². The van der Waals surface area contributed by atoms with Crippen molar-refractivity contribution in [2.45, 2.75) is 173 Å². The van der Waals surface area contributed by atoms with Gasteiger partial charge in [-0.05, 0) is 111 Å². The van der Waals surface area contributed by atoms with E-state index in [0.717, 1.165) is 44.8 Å². The van der Waals surface area contributed by atoms with Crippen LogP contribution in [-0.4, -0.2) is 133 Å². The minimum atomic E-state index is -2.05. The summed E-state index contributed by atoms with van der Waals surface area (Å²) < 4.78 is 23.4. The lowest BCUT2D eigenvalue weighted by molar-refractivity contribution is -0.371. The lowest BCUT2D eigenvalue weighted by atomic mass is 9.32. The molecule has 326 valence electrons. The molecular formula is C42H62O16. The zero-order chi connectivity index (χ0) is 42.7. The van der Waals surface area contributed by atoms with E-state index in [0.29, 0.717) is 25.7 Å². The van der Waals surface area contributed by atoms with Gasteiger partial charge in [-0.25, -0.2) is 9.59 Å². The average molecular weight is 823 g/mol. The standard InChI is InChI=1S/C42H62O16/c1-37(2)21-9-11-41(6)22(8-7-19-20-17-39(4,36(53)54)14-13-38(20,3)15-16-40(19,41)5)42(21,18-43)12-10-23(37)55-35-31(27(47)26(46)30(57-35)33(51)52)58-34-28(48)24(44)25(45)29(56-34)32(49)50/h17-19,21-31,34-35,44-48H,7-16H2,1-6H3,(H,49,50)(H,51,52)(H,53,54)/t19-,21+,22+,23-,24+,25-,26+,27-,28-,29+,30+,31-,34-,35-,38+,39-,40-,41+,42-/m1/s1. The van der Waals surface area contributed by atoms with Crippen LogP contribution in [-0.2, 0) is 38.1 Å². The number of rotatable bonds is 8. The second-order valence-corrected chi connectivity index (χ2v) is 20.3. The predicted octanol–water partition coefficient (Wildman–Crippen LogP) is 2.25. The van der Waals surface area contributed by atoms with Crippen molar-refractivity contribution in [2.75, 3.05) is 0 Å². The normalized spacial score (nSPS) is 52.4. The molecule has 0 spiro atoms. The van der Waals surface area contributed by atoms with Gasteiger partial charge in [-0.3, -0.25) is 4.79 Å². The van der Waals surface area contributed by atoms with Gasteiger partial charge in [0.2, 0.25) is 0 Å². The summed E-state index contributed by atoms with van der Waals surface area (Å²) in [5, 5.41) is 83.0. The maximum Gasteiger partial charge on any atom is 0.335 e. The van der Waals surface area contributed by atoms with Crippen LogP contribution < -0.4 is 0 Å². The summed E-state index contributed by atoms with van der Waals surface area (Å²) in [6.45, 7) is 12.8. The van der Waals surface area contributed by atoms with Gasteiger partial charge in [-0.15, -0.1) is 0 Å². The zero-order valence-corrected chi connectivity index (χ0v) is 34.2. The van der Waals surface area contributed by atoms with Crippen molar-refractivity contribution in [2.24, 2.45) is 50.2 Å². The zero-order valence-electron chi connectivity index (χ0n) is 34.2. The lowest BCUT2D eigenvalue weighted by Gasteiger charge is -2.72. The first kappa shape index (κ1) is 43.5. The molecule has 8 N–H and O–H groups in total. The molecule has 0 aromatic carbocycles. The molecular weight excluding hydrogens is 760 g/mol. The number of carboxylic acids is 3. The second kappa shape index (κ2) is 14.5. The van der Waals surface area contributed by atoms with Crippen molar-refractivity contribution < 1.29 is 79.0 Å². The number of carboxylic acid groups (broad SMARTS) is 3. The number of allylic oxidation sites excluding steroid dienone is 1. The molecule has 2 aliphatic heterocycles. The van der Waals surface area contributed by atoms with Crippen LogP contribution in [0.5, 0.6) is 0 Å². The van der Waals surface area contributed by atoms with Gasteiger partial charge in [-0.1, -0.05) is 46.3 Å². The van der Waals surface area contributed by atoms with Gasteiger partial charge in [0.25, 0.3) is 0 Å². The Balaban J connectivity index is 1.17. The maximum absolute atomic E-state index is 13.8. The Morgan fingerprint density at radius 2 is 1.26 bits per heavy atom. The molecule has 4 saturated carbocycles. The van der Waals surface area contributed by atoms with E-state index in [1.165, 1.54) is 5.57 Å². The molecule has 0 aromatic heterocycles. The number of carbonyl (C=O) groups is 4. The monoisotopic (exact) mass is 822 g/mol. The van der Waals surface area contributed by atoms with E-state index in [-0.39, 0.29) is 34.0 Å². The Morgan fingerprint density at radius 1 is 0.655 bits per heavy atom. The number of carbonyl (C=O) groups excluding carboxylic acids is 1. The smallest absolute Gasteiger partial charge is 0.335 e. The summed E-state index contributed by atoms with van der Waals surface area (Å²) in [5.74, 6) is -4.07. The first-order valence-corrected chi connectivity index (χ1v) is 20.8. The lowest BCUT2D eigenvalue weighted by Crippen LogP contribution is -2.68. The van der Waals surface area contributed by atoms with Gasteiger partial charge in [0, 0.05) is 5.41 Å². The fourth-order valence-electron chi connectivity index (χ4n) is 13.4. The van der Waals surface area contributed by atoms with Crippen LogP contribution in [0.4, 0.5) is 0 Å². The molecule has 0 unspecified atom stereocenters. The molecule has 19 atom stereocenters. The van der Waals surface area contributed by atoms with Crippen LogP contribution in [0.25, 0.3) is 0 Å². The van der Waals surface area contributed by atoms with E-state index in [9.17, 15) is 60.0 Å². The van der Waals surface area contributed by atoms with Gasteiger partial charge < -0.3 is 64.6 Å². The highest BCUT2D eigenvalue weighted by Crippen LogP contribution is 2.76. The highest BCUT2D eigenvalue weighted by atomic mass is 16.8. The van der Waals surface area contributed by atoms with Crippen LogP contribution in [0.1, 0.15) is 106 Å². The topological polar surface area (TPSA) is 267 Å². The first-order valence-electron chi connectivity index (χ1n) is 20.8. The molecule has 0 aromatic rings. The van der Waals surface area contributed by atoms with Gasteiger partial charge in [0.15, 0.2) is 24.8 Å². The molecule has 58 heavy (non-hydrogen) atoms. The third kappa shape index (κ3) is 6.25. The number of aliphatic hydroxyl groups excluding tert-OH is 5. The summed E-state index contributed by atoms with van der Waals surface area (Å²) in [6.07, 6.45) is -9.86. The van der Waals surface area contributed by atoms with Gasteiger partial charge in [0.1, 0.15) is 42.9 Å². The van der Waals surface area contributed by atoms with Crippen LogP contribution in [0.2, 0.25) is 0 Å². The fraction of sp³-hybridized carbons (Fsp3) is 0.857. The summed E-state index contributed by atoms with van der Waals surface area (Å²) in [6, 6.07) is 0. The molecule has 7 rings (SSSR count). The fourth-order valence-corrected chi connectivity index (χ4v) is 13.4. The van der Waals surface area contributed by atoms with Gasteiger partial charge in [-0.2, -0.15) is 0 Å². The second-order valence-electron chi connectivity index (χ2n) is 20.3. The molecule has 2 heterocycles. The van der Waals surface area contributed by atoms with E-state index < -0.39 is 102 Å². The number of aliphatic hydroxyl groups is 5. The molecule has 2 saturated heterocycles. The molecule has 5 aliphatic carbocycles. The summed E-state index contributed by atoms with van der Waals surface area (Å²) in [7, 11) is 0. The number of ether oxygens (including phenoxy) is 4. The maximum atomic E-state index is 13.8. The number of hydrogen-bond acceptors (Lipinski definition) is 13. The van der Waals surface area contributed by atoms with Crippen LogP contribution >= 0.6 is 0 Å². The summed E-state index contributed by atoms with van der Waals surface area (Å²) in [4.78, 5) is 50.3. The van der Waals surface area contributed by atoms with Gasteiger partial charge >= 0.3 is 17.9 Å². The van der Waals surface area contributed by atoms with E-state index >= 15 is 0 Å². The molecule has 16 heteroatoms. The Morgan fingerprint density at radius 3 is 1.86 bits per heavy atom. The minimum Gasteiger partial charge on any atom is -0.481 e. The first-order chi connectivity index (χ1) is 26.9. The SMILES string of the molecule is CC1(C)[C@H](O[C@@H]2O[C@H](C(=O)O)[C@@H](O)[C@@H](O)[C@H]2O[C@H]2O[C@H](C(=O)O)[C@H](O)[C@H](O)[C@H]2O)CC[C@]2(C=O)[C@H]3CC[C@@H]4C5=C[C@](C)(C(=O)O)CC[C@@]5(C)CC[C@@]4(C)[C@@]3(C)CC[C@@H]12. The molecule has 6 fully saturated rings. The van der Waals surface area contributed by atoms with Crippen molar-refractivity contribution in [1.82, 2.24) is 0 Å². The highest BCUT2D eigenvalue weighted by molar-refractivity contribution is 5.77. The predicted molar refractivity (Wildman–Crippen MR) is 199 cm³/mol. The van der Waals surface area contributed by atoms with Crippen molar-refractivity contribution >= 4 is 24.2 Å². The minimum absolute atomic E-state index is 0.0152. The Kier molecular flexibility index (Phi) is 10.9. The van der Waals surface area contributed by atoms with Crippen molar-refractivity contribution in [3.63, 3.8) is 0 Å². The third-order valence-electron chi connectivity index (χ3n) is 17.2. The van der Waals surface area contributed by atoms with E-state index in [4.69, 9.17) is 18.9 Å². The number of fused-ring (bicyclic) bond motifs is 7. The van der Waals surface area contributed by atoms with Crippen molar-refractivity contribution in [3.05, 3.63) is 11.6 Å². The van der Waals surface area contributed by atoms with E-state index in [1.54, 1.807) is 0 Å². The largest absolute Gasteiger partial charge is 0.481 e. The molecule has 0 bridgehead atoms.